The van der Waals surface area contributed by atoms with E-state index in [0.29, 0.717) is 22.5 Å². The number of oxazole rings is 1. The van der Waals surface area contributed by atoms with Gasteiger partial charge in [-0.3, -0.25) is 9.59 Å². The summed E-state index contributed by atoms with van der Waals surface area (Å²) < 4.78 is 6.50. The zero-order chi connectivity index (χ0) is 16.2. The summed E-state index contributed by atoms with van der Waals surface area (Å²) in [5, 5.41) is 5.67. The summed E-state index contributed by atoms with van der Waals surface area (Å²) in [5.74, 6) is 2.37. The molecule has 1 aliphatic heterocycles. The topological polar surface area (TPSA) is 97.1 Å². The minimum Gasteiger partial charge on any atom is -0.445 e. The van der Waals surface area contributed by atoms with Crippen molar-refractivity contribution in [2.75, 3.05) is 11.1 Å². The summed E-state index contributed by atoms with van der Waals surface area (Å²) in [4.78, 5) is 31.5. The SMILES string of the molecule is CCc1cnc(CSc2cnc(NC(=O)C3CSC(=O)N3)s2)o1. The van der Waals surface area contributed by atoms with E-state index in [-0.39, 0.29) is 11.1 Å². The monoisotopic (exact) mass is 370 g/mol. The molecule has 2 N–H and O–H groups in total. The largest absolute Gasteiger partial charge is 0.445 e. The molecule has 0 saturated carbocycles. The zero-order valence-electron chi connectivity index (χ0n) is 12.2. The number of nitrogens with zero attached hydrogens (tertiary/aromatic N) is 2. The van der Waals surface area contributed by atoms with Gasteiger partial charge in [-0.25, -0.2) is 9.97 Å². The molecule has 10 heteroatoms. The summed E-state index contributed by atoms with van der Waals surface area (Å²) in [7, 11) is 0. The highest BCUT2D eigenvalue weighted by atomic mass is 32.2. The van der Waals surface area contributed by atoms with Crippen LogP contribution in [0, 0.1) is 0 Å². The Balaban J connectivity index is 1.51. The normalized spacial score (nSPS) is 17.3. The van der Waals surface area contributed by atoms with Crippen molar-refractivity contribution < 1.29 is 14.0 Å². The van der Waals surface area contributed by atoms with Crippen LogP contribution in [-0.2, 0) is 17.0 Å². The molecule has 23 heavy (non-hydrogen) atoms. The number of nitrogens with one attached hydrogen (secondary N) is 2. The lowest BCUT2D eigenvalue weighted by molar-refractivity contribution is -0.117. The molecule has 1 saturated heterocycles. The Morgan fingerprint density at radius 3 is 3.09 bits per heavy atom. The molecule has 2 aromatic heterocycles. The van der Waals surface area contributed by atoms with Crippen molar-refractivity contribution >= 4 is 51.1 Å². The highest BCUT2D eigenvalue weighted by Gasteiger charge is 2.28. The van der Waals surface area contributed by atoms with E-state index >= 15 is 0 Å². The van der Waals surface area contributed by atoms with Crippen LogP contribution in [-0.4, -0.2) is 32.9 Å². The molecule has 2 aromatic rings. The third-order valence-electron chi connectivity index (χ3n) is 2.99. The first-order chi connectivity index (χ1) is 11.1. The zero-order valence-corrected chi connectivity index (χ0v) is 14.6. The van der Waals surface area contributed by atoms with E-state index in [9.17, 15) is 9.59 Å². The highest BCUT2D eigenvalue weighted by molar-refractivity contribution is 8.14. The Morgan fingerprint density at radius 1 is 1.52 bits per heavy atom. The fourth-order valence-corrected chi connectivity index (χ4v) is 4.32. The maximum Gasteiger partial charge on any atom is 0.279 e. The number of hydrogen-bond acceptors (Lipinski definition) is 8. The average Bonchev–Trinajstić information content (AvgIpc) is 3.25. The Kier molecular flexibility index (Phi) is 5.23. The van der Waals surface area contributed by atoms with Gasteiger partial charge in [0, 0.05) is 12.2 Å². The van der Waals surface area contributed by atoms with Gasteiger partial charge in [0.15, 0.2) is 5.13 Å². The lowest BCUT2D eigenvalue weighted by atomic mass is 10.3. The molecule has 0 aromatic carbocycles. The van der Waals surface area contributed by atoms with Crippen molar-refractivity contribution in [2.45, 2.75) is 29.3 Å². The van der Waals surface area contributed by atoms with Gasteiger partial charge >= 0.3 is 0 Å². The van der Waals surface area contributed by atoms with Gasteiger partial charge in [0.25, 0.3) is 5.24 Å². The predicted molar refractivity (Wildman–Crippen MR) is 91.0 cm³/mol. The molecule has 1 aliphatic rings. The number of aryl methyl sites for hydroxylation is 1. The molecule has 3 rings (SSSR count). The summed E-state index contributed by atoms with van der Waals surface area (Å²) >= 11 is 4.05. The number of anilines is 1. The summed E-state index contributed by atoms with van der Waals surface area (Å²) in [6.07, 6.45) is 4.27. The second-order valence-corrected chi connectivity index (χ2v) is 7.93. The van der Waals surface area contributed by atoms with Crippen LogP contribution in [0.2, 0.25) is 0 Å². The Labute approximate surface area is 145 Å². The number of aromatic nitrogens is 2. The molecule has 0 bridgehead atoms. The van der Waals surface area contributed by atoms with Gasteiger partial charge in [0.05, 0.1) is 22.4 Å². The van der Waals surface area contributed by atoms with E-state index in [4.69, 9.17) is 4.42 Å². The molecule has 1 atom stereocenters. The lowest BCUT2D eigenvalue weighted by Crippen LogP contribution is -2.38. The van der Waals surface area contributed by atoms with E-state index in [1.807, 2.05) is 6.92 Å². The molecule has 1 fully saturated rings. The number of thiazole rings is 1. The second-order valence-electron chi connectivity index (χ2n) is 4.63. The van der Waals surface area contributed by atoms with Gasteiger partial charge in [0.2, 0.25) is 11.8 Å². The predicted octanol–water partition coefficient (Wildman–Crippen LogP) is 2.75. The maximum atomic E-state index is 12.0. The molecule has 122 valence electrons. The number of hydrogen-bond donors (Lipinski definition) is 2. The van der Waals surface area contributed by atoms with Crippen LogP contribution in [0.25, 0.3) is 0 Å². The third-order valence-corrected chi connectivity index (χ3v) is 5.96. The van der Waals surface area contributed by atoms with Crippen LogP contribution in [0.3, 0.4) is 0 Å². The Bertz CT molecular complexity index is 715. The van der Waals surface area contributed by atoms with E-state index in [1.165, 1.54) is 11.3 Å². The maximum absolute atomic E-state index is 12.0. The van der Waals surface area contributed by atoms with Crippen LogP contribution in [0.15, 0.2) is 21.0 Å². The molecule has 2 amide bonds. The first kappa shape index (κ1) is 16.3. The van der Waals surface area contributed by atoms with Crippen molar-refractivity contribution in [1.29, 1.82) is 0 Å². The summed E-state index contributed by atoms with van der Waals surface area (Å²) in [6, 6.07) is -0.493. The van der Waals surface area contributed by atoms with Crippen molar-refractivity contribution in [1.82, 2.24) is 15.3 Å². The van der Waals surface area contributed by atoms with Gasteiger partial charge in [-0.15, -0.1) is 11.8 Å². The standard InChI is InChI=1S/C13H14N4O3S3/c1-2-7-3-14-9(20-7)6-21-10-4-15-12(23-10)17-11(18)8-5-22-13(19)16-8/h3-4,8H,2,5-6H2,1H3,(H,16,19)(H,15,17,18). The van der Waals surface area contributed by atoms with Crippen molar-refractivity contribution in [3.05, 3.63) is 24.0 Å². The molecule has 0 aliphatic carbocycles. The molecule has 7 nitrogen and oxygen atoms in total. The van der Waals surface area contributed by atoms with Gasteiger partial charge < -0.3 is 15.1 Å². The minimum absolute atomic E-state index is 0.169. The second kappa shape index (κ2) is 7.37. The quantitative estimate of drug-likeness (QED) is 0.755. The highest BCUT2D eigenvalue weighted by Crippen LogP contribution is 2.30. The molecule has 3 heterocycles. The smallest absolute Gasteiger partial charge is 0.279 e. The third kappa shape index (κ3) is 4.27. The molecule has 0 radical (unpaired) electrons. The van der Waals surface area contributed by atoms with Crippen LogP contribution in [0.1, 0.15) is 18.6 Å². The van der Waals surface area contributed by atoms with Gasteiger partial charge in [-0.2, -0.15) is 0 Å². The van der Waals surface area contributed by atoms with Crippen molar-refractivity contribution in [2.24, 2.45) is 0 Å². The van der Waals surface area contributed by atoms with Crippen LogP contribution >= 0.6 is 34.9 Å². The first-order valence-electron chi connectivity index (χ1n) is 6.90. The van der Waals surface area contributed by atoms with Crippen LogP contribution < -0.4 is 10.6 Å². The van der Waals surface area contributed by atoms with Crippen LogP contribution in [0.4, 0.5) is 9.93 Å². The number of thioether (sulfide) groups is 2. The molecule has 0 spiro atoms. The van der Waals surface area contributed by atoms with Gasteiger partial charge in [0.1, 0.15) is 11.8 Å². The fraction of sp³-hybridized carbons (Fsp3) is 0.385. The van der Waals surface area contributed by atoms with E-state index in [2.05, 4.69) is 20.6 Å². The summed E-state index contributed by atoms with van der Waals surface area (Å²) in [5.41, 5.74) is 0. The Morgan fingerprint density at radius 2 is 2.39 bits per heavy atom. The van der Waals surface area contributed by atoms with Crippen molar-refractivity contribution in [3.63, 3.8) is 0 Å². The Hall–Kier alpha value is -1.52. The van der Waals surface area contributed by atoms with E-state index < -0.39 is 6.04 Å². The minimum atomic E-state index is -0.493. The summed E-state index contributed by atoms with van der Waals surface area (Å²) in [6.45, 7) is 2.01. The van der Waals surface area contributed by atoms with Crippen molar-refractivity contribution in [3.8, 4) is 0 Å². The van der Waals surface area contributed by atoms with Gasteiger partial charge in [-0.05, 0) is 0 Å². The number of carbonyl (C=O) groups excluding carboxylic acids is 2. The number of rotatable bonds is 6. The van der Waals surface area contributed by atoms with Crippen LogP contribution in [0.5, 0.6) is 0 Å². The first-order valence-corrected chi connectivity index (χ1v) is 9.69. The number of amides is 2. The lowest BCUT2D eigenvalue weighted by Gasteiger charge is -2.07. The molecular formula is C13H14N4O3S3. The van der Waals surface area contributed by atoms with Gasteiger partial charge in [-0.1, -0.05) is 30.0 Å². The molecule has 1 unspecified atom stereocenters. The molecular weight excluding hydrogens is 356 g/mol. The fourth-order valence-electron chi connectivity index (χ4n) is 1.81. The average molecular weight is 370 g/mol. The number of carbonyl (C=O) groups is 2. The van der Waals surface area contributed by atoms with E-state index in [1.54, 1.807) is 24.2 Å². The van der Waals surface area contributed by atoms with E-state index in [0.717, 1.165) is 28.2 Å².